The molecule has 3 nitrogen and oxygen atoms in total. The third-order valence-corrected chi connectivity index (χ3v) is 2.80. The minimum absolute atomic E-state index is 0.0327. The van der Waals surface area contributed by atoms with E-state index in [1.165, 1.54) is 18.2 Å². The first-order chi connectivity index (χ1) is 8.47. The number of nitrogens with zero attached hydrogens (tertiary/aromatic N) is 2. The molecule has 0 spiro atoms. The smallest absolute Gasteiger partial charge is 0.254 e. The first-order valence-corrected chi connectivity index (χ1v) is 5.98. The van der Waals surface area contributed by atoms with E-state index in [1.807, 2.05) is 19.9 Å². The number of rotatable bonds is 4. The fourth-order valence-electron chi connectivity index (χ4n) is 1.56. The molecule has 0 fully saturated rings. The molecule has 1 aromatic rings. The number of hydrogen-bond donors (Lipinski definition) is 0. The van der Waals surface area contributed by atoms with E-state index in [9.17, 15) is 9.18 Å². The molecule has 0 N–H and O–H groups in total. The van der Waals surface area contributed by atoms with Crippen molar-refractivity contribution in [3.05, 3.63) is 34.6 Å². The largest absolute Gasteiger partial charge is 0.335 e. The summed E-state index contributed by atoms with van der Waals surface area (Å²) in [6.07, 6.45) is 0.263. The predicted octanol–water partition coefficient (Wildman–Crippen LogP) is 3.24. The maximum atomic E-state index is 13.0. The van der Waals surface area contributed by atoms with Gasteiger partial charge in [-0.3, -0.25) is 4.79 Å². The average molecular weight is 269 g/mol. The Morgan fingerprint density at radius 3 is 2.72 bits per heavy atom. The highest BCUT2D eigenvalue weighted by Crippen LogP contribution is 2.18. The summed E-state index contributed by atoms with van der Waals surface area (Å²) in [6, 6.07) is 5.83. The Morgan fingerprint density at radius 2 is 2.22 bits per heavy atom. The molecule has 18 heavy (non-hydrogen) atoms. The van der Waals surface area contributed by atoms with Gasteiger partial charge in [0.25, 0.3) is 5.91 Å². The zero-order valence-electron chi connectivity index (χ0n) is 10.3. The fourth-order valence-corrected chi connectivity index (χ4v) is 1.74. The van der Waals surface area contributed by atoms with E-state index in [0.717, 1.165) is 0 Å². The van der Waals surface area contributed by atoms with Gasteiger partial charge in [0.15, 0.2) is 0 Å². The van der Waals surface area contributed by atoms with Gasteiger partial charge in [-0.15, -0.1) is 0 Å². The number of halogens is 2. The van der Waals surface area contributed by atoms with Crippen LogP contribution in [0.1, 0.15) is 30.6 Å². The van der Waals surface area contributed by atoms with Gasteiger partial charge in [-0.1, -0.05) is 11.6 Å². The Bertz CT molecular complexity index is 482. The summed E-state index contributed by atoms with van der Waals surface area (Å²) in [5, 5.41) is 8.49. The molecule has 0 radical (unpaired) electrons. The van der Waals surface area contributed by atoms with Crippen LogP contribution in [0.3, 0.4) is 0 Å². The molecule has 0 heterocycles. The SMILES string of the molecule is CC(C)N(CCC#N)C(=O)c1ccc(F)c(Cl)c1. The zero-order valence-corrected chi connectivity index (χ0v) is 11.0. The van der Waals surface area contributed by atoms with E-state index in [1.54, 1.807) is 4.90 Å². The van der Waals surface area contributed by atoms with Crippen molar-refractivity contribution >= 4 is 17.5 Å². The summed E-state index contributed by atoms with van der Waals surface area (Å²) >= 11 is 5.65. The molecule has 0 saturated carbocycles. The monoisotopic (exact) mass is 268 g/mol. The lowest BCUT2D eigenvalue weighted by Gasteiger charge is -2.26. The van der Waals surface area contributed by atoms with Crippen LogP contribution in [-0.4, -0.2) is 23.4 Å². The summed E-state index contributed by atoms with van der Waals surface area (Å²) < 4.78 is 13.0. The van der Waals surface area contributed by atoms with Gasteiger partial charge in [-0.2, -0.15) is 5.26 Å². The molecule has 0 aliphatic rings. The topological polar surface area (TPSA) is 44.1 Å². The van der Waals surface area contributed by atoms with Crippen LogP contribution in [-0.2, 0) is 0 Å². The molecule has 1 aromatic carbocycles. The summed E-state index contributed by atoms with van der Waals surface area (Å²) in [7, 11) is 0. The summed E-state index contributed by atoms with van der Waals surface area (Å²) in [5.74, 6) is -0.802. The Balaban J connectivity index is 2.95. The summed E-state index contributed by atoms with van der Waals surface area (Å²) in [6.45, 7) is 4.07. The highest BCUT2D eigenvalue weighted by Gasteiger charge is 2.19. The van der Waals surface area contributed by atoms with Crippen molar-refractivity contribution in [1.82, 2.24) is 4.90 Å². The van der Waals surface area contributed by atoms with Crippen LogP contribution in [0, 0.1) is 17.1 Å². The molecule has 0 unspecified atom stereocenters. The van der Waals surface area contributed by atoms with Crippen LogP contribution in [0.2, 0.25) is 5.02 Å². The second-order valence-electron chi connectivity index (χ2n) is 4.13. The summed E-state index contributed by atoms with van der Waals surface area (Å²) in [5.41, 5.74) is 0.327. The van der Waals surface area contributed by atoms with Gasteiger partial charge in [-0.25, -0.2) is 4.39 Å². The Hall–Kier alpha value is -1.60. The molecule has 5 heteroatoms. The van der Waals surface area contributed by atoms with Crippen molar-refractivity contribution in [2.45, 2.75) is 26.3 Å². The molecule has 96 valence electrons. The highest BCUT2D eigenvalue weighted by atomic mass is 35.5. The number of hydrogen-bond acceptors (Lipinski definition) is 2. The van der Waals surface area contributed by atoms with Gasteiger partial charge in [0.05, 0.1) is 17.5 Å². The van der Waals surface area contributed by atoms with Crippen LogP contribution < -0.4 is 0 Å². The Kier molecular flexibility index (Phi) is 5.11. The van der Waals surface area contributed by atoms with Gasteiger partial charge in [0.1, 0.15) is 5.82 Å². The van der Waals surface area contributed by atoms with E-state index < -0.39 is 5.82 Å². The van der Waals surface area contributed by atoms with Crippen molar-refractivity contribution in [3.8, 4) is 6.07 Å². The molecular formula is C13H14ClFN2O. The molecule has 1 amide bonds. The van der Waals surface area contributed by atoms with Crippen molar-refractivity contribution in [2.75, 3.05) is 6.54 Å². The molecule has 0 aromatic heterocycles. The predicted molar refractivity (Wildman–Crippen MR) is 67.8 cm³/mol. The number of carbonyl (C=O) groups excluding carboxylic acids is 1. The zero-order chi connectivity index (χ0) is 13.7. The normalized spacial score (nSPS) is 10.2. The van der Waals surface area contributed by atoms with Crippen LogP contribution in [0.25, 0.3) is 0 Å². The van der Waals surface area contributed by atoms with Crippen LogP contribution in [0.4, 0.5) is 4.39 Å². The van der Waals surface area contributed by atoms with Gasteiger partial charge in [0.2, 0.25) is 0 Å². The summed E-state index contributed by atoms with van der Waals surface area (Å²) in [4.78, 5) is 13.8. The number of amides is 1. The molecule has 1 rings (SSSR count). The minimum atomic E-state index is -0.554. The van der Waals surface area contributed by atoms with Gasteiger partial charge in [0, 0.05) is 18.2 Å². The minimum Gasteiger partial charge on any atom is -0.335 e. The maximum absolute atomic E-state index is 13.0. The first kappa shape index (κ1) is 14.5. The van der Waals surface area contributed by atoms with E-state index in [4.69, 9.17) is 16.9 Å². The van der Waals surface area contributed by atoms with E-state index in [-0.39, 0.29) is 23.4 Å². The van der Waals surface area contributed by atoms with Crippen LogP contribution in [0.15, 0.2) is 18.2 Å². The van der Waals surface area contributed by atoms with Crippen molar-refractivity contribution in [2.24, 2.45) is 0 Å². The first-order valence-electron chi connectivity index (χ1n) is 5.60. The van der Waals surface area contributed by atoms with E-state index in [0.29, 0.717) is 12.1 Å². The molecule has 0 atom stereocenters. The number of benzene rings is 1. The maximum Gasteiger partial charge on any atom is 0.254 e. The quantitative estimate of drug-likeness (QED) is 0.841. The van der Waals surface area contributed by atoms with Crippen molar-refractivity contribution in [3.63, 3.8) is 0 Å². The lowest BCUT2D eigenvalue weighted by Crippen LogP contribution is -2.37. The third-order valence-electron chi connectivity index (χ3n) is 2.52. The Morgan fingerprint density at radius 1 is 1.56 bits per heavy atom. The molecular weight excluding hydrogens is 255 g/mol. The standard InChI is InChI=1S/C13H14ClFN2O/c1-9(2)17(7-3-6-16)13(18)10-4-5-12(15)11(14)8-10/h4-5,8-9H,3,7H2,1-2H3. The van der Waals surface area contributed by atoms with E-state index >= 15 is 0 Å². The third kappa shape index (κ3) is 3.44. The van der Waals surface area contributed by atoms with Crippen LogP contribution in [0.5, 0.6) is 0 Å². The van der Waals surface area contributed by atoms with Gasteiger partial charge < -0.3 is 4.90 Å². The van der Waals surface area contributed by atoms with Crippen molar-refractivity contribution < 1.29 is 9.18 Å². The lowest BCUT2D eigenvalue weighted by atomic mass is 10.1. The number of carbonyl (C=O) groups is 1. The Labute approximate surface area is 111 Å². The lowest BCUT2D eigenvalue weighted by molar-refractivity contribution is 0.0710. The van der Waals surface area contributed by atoms with Gasteiger partial charge >= 0.3 is 0 Å². The highest BCUT2D eigenvalue weighted by molar-refractivity contribution is 6.31. The molecule has 0 aliphatic carbocycles. The second-order valence-corrected chi connectivity index (χ2v) is 4.54. The van der Waals surface area contributed by atoms with Crippen LogP contribution >= 0.6 is 11.6 Å². The number of nitriles is 1. The van der Waals surface area contributed by atoms with Crippen molar-refractivity contribution in [1.29, 1.82) is 5.26 Å². The van der Waals surface area contributed by atoms with E-state index in [2.05, 4.69) is 0 Å². The molecule has 0 bridgehead atoms. The van der Waals surface area contributed by atoms with Gasteiger partial charge in [-0.05, 0) is 32.0 Å². The fraction of sp³-hybridized carbons (Fsp3) is 0.385. The second kappa shape index (κ2) is 6.36. The molecule has 0 saturated heterocycles. The average Bonchev–Trinajstić information content (AvgIpc) is 2.32. The molecule has 0 aliphatic heterocycles.